The molecule has 2 rings (SSSR count). The molecule has 0 spiro atoms. The lowest BCUT2D eigenvalue weighted by Gasteiger charge is -2.19. The van der Waals surface area contributed by atoms with E-state index in [1.54, 1.807) is 10.8 Å². The molecule has 0 amide bonds. The van der Waals surface area contributed by atoms with Gasteiger partial charge in [0, 0.05) is 6.20 Å². The SMILES string of the molecule is CCC(c1ccccc1)n1cc(C(=O)OC)cc(Br)c1=O. The highest BCUT2D eigenvalue weighted by molar-refractivity contribution is 9.10. The van der Waals surface area contributed by atoms with Crippen LogP contribution in [0.2, 0.25) is 0 Å². The number of ether oxygens (including phenoxy) is 1. The average molecular weight is 350 g/mol. The first-order valence-corrected chi connectivity index (χ1v) is 7.42. The highest BCUT2D eigenvalue weighted by atomic mass is 79.9. The number of carbonyl (C=O) groups excluding carboxylic acids is 1. The maximum Gasteiger partial charge on any atom is 0.339 e. The second-order valence-corrected chi connectivity index (χ2v) is 5.47. The smallest absolute Gasteiger partial charge is 0.339 e. The fourth-order valence-electron chi connectivity index (χ4n) is 2.30. The summed E-state index contributed by atoms with van der Waals surface area (Å²) in [5, 5.41) is 0. The molecule has 0 bridgehead atoms. The van der Waals surface area contributed by atoms with E-state index >= 15 is 0 Å². The summed E-state index contributed by atoms with van der Waals surface area (Å²) < 4.78 is 6.65. The van der Waals surface area contributed by atoms with Crippen LogP contribution in [-0.4, -0.2) is 17.6 Å². The lowest BCUT2D eigenvalue weighted by Crippen LogP contribution is -2.26. The summed E-state index contributed by atoms with van der Waals surface area (Å²) in [5.41, 5.74) is 1.20. The summed E-state index contributed by atoms with van der Waals surface area (Å²) in [6, 6.07) is 11.1. The fourth-order valence-corrected chi connectivity index (χ4v) is 2.75. The van der Waals surface area contributed by atoms with Crippen LogP contribution in [0.3, 0.4) is 0 Å². The Labute approximate surface area is 131 Å². The molecule has 1 atom stereocenters. The van der Waals surface area contributed by atoms with Gasteiger partial charge in [-0.1, -0.05) is 37.3 Å². The number of hydrogen-bond donors (Lipinski definition) is 0. The van der Waals surface area contributed by atoms with Crippen LogP contribution in [0.4, 0.5) is 0 Å². The predicted molar refractivity (Wildman–Crippen MR) is 84.6 cm³/mol. The molecule has 0 aliphatic rings. The van der Waals surface area contributed by atoms with Crippen molar-refractivity contribution in [3.8, 4) is 0 Å². The van der Waals surface area contributed by atoms with Crippen LogP contribution in [-0.2, 0) is 4.74 Å². The van der Waals surface area contributed by atoms with Gasteiger partial charge in [-0.05, 0) is 34.0 Å². The van der Waals surface area contributed by atoms with Crippen molar-refractivity contribution in [3.05, 3.63) is 68.5 Å². The number of esters is 1. The lowest BCUT2D eigenvalue weighted by molar-refractivity contribution is 0.0599. The maximum atomic E-state index is 12.4. The van der Waals surface area contributed by atoms with Gasteiger partial charge in [0.15, 0.2) is 0 Å². The summed E-state index contributed by atoms with van der Waals surface area (Å²) in [5.74, 6) is -0.465. The van der Waals surface area contributed by atoms with Crippen LogP contribution in [0.25, 0.3) is 0 Å². The number of carbonyl (C=O) groups is 1. The Morgan fingerprint density at radius 1 is 1.33 bits per heavy atom. The highest BCUT2D eigenvalue weighted by Gasteiger charge is 2.17. The summed E-state index contributed by atoms with van der Waals surface area (Å²) in [6.45, 7) is 2.00. The standard InChI is InChI=1S/C16H16BrNO3/c1-3-14(11-7-5-4-6-8-11)18-10-12(16(20)21-2)9-13(17)15(18)19/h4-10,14H,3H2,1-2H3. The monoisotopic (exact) mass is 349 g/mol. The molecule has 1 aromatic carbocycles. The molecule has 0 fully saturated rings. The second-order valence-electron chi connectivity index (χ2n) is 4.62. The van der Waals surface area contributed by atoms with Crippen molar-refractivity contribution >= 4 is 21.9 Å². The Bertz CT molecular complexity index is 694. The average Bonchev–Trinajstić information content (AvgIpc) is 2.52. The molecule has 0 radical (unpaired) electrons. The summed E-state index contributed by atoms with van der Waals surface area (Å²) in [4.78, 5) is 24.1. The summed E-state index contributed by atoms with van der Waals surface area (Å²) in [7, 11) is 1.32. The van der Waals surface area contributed by atoms with E-state index in [0.717, 1.165) is 12.0 Å². The van der Waals surface area contributed by atoms with E-state index < -0.39 is 5.97 Å². The van der Waals surface area contributed by atoms with Crippen molar-refractivity contribution in [2.24, 2.45) is 0 Å². The third-order valence-electron chi connectivity index (χ3n) is 3.33. The Hall–Kier alpha value is -1.88. The van der Waals surface area contributed by atoms with Crippen LogP contribution in [0, 0.1) is 0 Å². The van der Waals surface area contributed by atoms with Gasteiger partial charge in [0.2, 0.25) is 0 Å². The number of methoxy groups -OCH3 is 1. The largest absolute Gasteiger partial charge is 0.465 e. The molecule has 5 heteroatoms. The molecular weight excluding hydrogens is 334 g/mol. The normalized spacial score (nSPS) is 12.0. The predicted octanol–water partition coefficient (Wildman–Crippen LogP) is 3.40. The van der Waals surface area contributed by atoms with E-state index in [0.29, 0.717) is 10.0 Å². The van der Waals surface area contributed by atoms with Crippen molar-refractivity contribution in [1.29, 1.82) is 0 Å². The minimum absolute atomic E-state index is 0.125. The van der Waals surface area contributed by atoms with Crippen LogP contribution in [0.15, 0.2) is 51.9 Å². The molecule has 0 saturated heterocycles. The number of halogens is 1. The topological polar surface area (TPSA) is 48.3 Å². The Kier molecular flexibility index (Phi) is 4.96. The first kappa shape index (κ1) is 15.5. The van der Waals surface area contributed by atoms with Gasteiger partial charge in [0.05, 0.1) is 23.2 Å². The zero-order valence-corrected chi connectivity index (χ0v) is 13.5. The molecule has 1 aromatic heterocycles. The third kappa shape index (κ3) is 3.24. The first-order chi connectivity index (χ1) is 10.1. The van der Waals surface area contributed by atoms with Crippen molar-refractivity contribution < 1.29 is 9.53 Å². The van der Waals surface area contributed by atoms with E-state index in [1.165, 1.54) is 13.2 Å². The molecule has 2 aromatic rings. The van der Waals surface area contributed by atoms with Crippen LogP contribution in [0.5, 0.6) is 0 Å². The maximum absolute atomic E-state index is 12.4. The molecule has 0 aliphatic heterocycles. The quantitative estimate of drug-likeness (QED) is 0.794. The van der Waals surface area contributed by atoms with Crippen molar-refractivity contribution in [2.45, 2.75) is 19.4 Å². The van der Waals surface area contributed by atoms with Gasteiger partial charge in [-0.25, -0.2) is 4.79 Å². The van der Waals surface area contributed by atoms with Crippen molar-refractivity contribution in [2.75, 3.05) is 7.11 Å². The Morgan fingerprint density at radius 3 is 2.57 bits per heavy atom. The minimum atomic E-state index is -0.465. The summed E-state index contributed by atoms with van der Waals surface area (Å²) >= 11 is 3.22. The van der Waals surface area contributed by atoms with Crippen LogP contribution >= 0.6 is 15.9 Å². The Balaban J connectivity index is 2.58. The van der Waals surface area contributed by atoms with E-state index in [9.17, 15) is 9.59 Å². The van der Waals surface area contributed by atoms with Crippen LogP contribution < -0.4 is 5.56 Å². The van der Waals surface area contributed by atoms with Gasteiger partial charge in [-0.15, -0.1) is 0 Å². The third-order valence-corrected chi connectivity index (χ3v) is 3.90. The number of rotatable bonds is 4. The molecule has 1 unspecified atom stereocenters. The van der Waals surface area contributed by atoms with E-state index in [-0.39, 0.29) is 11.6 Å². The second kappa shape index (κ2) is 6.72. The number of benzene rings is 1. The zero-order valence-electron chi connectivity index (χ0n) is 11.9. The fraction of sp³-hybridized carbons (Fsp3) is 0.250. The highest BCUT2D eigenvalue weighted by Crippen LogP contribution is 2.22. The molecule has 110 valence electrons. The Morgan fingerprint density at radius 2 is 2.00 bits per heavy atom. The molecule has 1 heterocycles. The van der Waals surface area contributed by atoms with Gasteiger partial charge in [-0.3, -0.25) is 4.79 Å². The zero-order chi connectivity index (χ0) is 15.4. The van der Waals surface area contributed by atoms with Gasteiger partial charge >= 0.3 is 5.97 Å². The number of nitrogens with zero attached hydrogens (tertiary/aromatic N) is 1. The van der Waals surface area contributed by atoms with E-state index in [2.05, 4.69) is 15.9 Å². The van der Waals surface area contributed by atoms with Gasteiger partial charge in [-0.2, -0.15) is 0 Å². The molecule has 0 N–H and O–H groups in total. The molecule has 21 heavy (non-hydrogen) atoms. The van der Waals surface area contributed by atoms with Gasteiger partial charge in [0.25, 0.3) is 5.56 Å². The molecule has 0 saturated carbocycles. The van der Waals surface area contributed by atoms with Gasteiger partial charge < -0.3 is 9.30 Å². The van der Waals surface area contributed by atoms with E-state index in [1.807, 2.05) is 37.3 Å². The lowest BCUT2D eigenvalue weighted by atomic mass is 10.0. The molecule has 4 nitrogen and oxygen atoms in total. The van der Waals surface area contributed by atoms with Crippen molar-refractivity contribution in [3.63, 3.8) is 0 Å². The number of aromatic nitrogens is 1. The minimum Gasteiger partial charge on any atom is -0.465 e. The van der Waals surface area contributed by atoms with E-state index in [4.69, 9.17) is 4.74 Å². The van der Waals surface area contributed by atoms with Gasteiger partial charge in [0.1, 0.15) is 0 Å². The summed E-state index contributed by atoms with van der Waals surface area (Å²) in [6.07, 6.45) is 2.29. The number of hydrogen-bond acceptors (Lipinski definition) is 3. The molecular formula is C16H16BrNO3. The molecule has 0 aliphatic carbocycles. The number of pyridine rings is 1. The van der Waals surface area contributed by atoms with Crippen LogP contribution in [0.1, 0.15) is 35.3 Å². The first-order valence-electron chi connectivity index (χ1n) is 6.63. The van der Waals surface area contributed by atoms with Crippen molar-refractivity contribution in [1.82, 2.24) is 4.57 Å².